The molecule has 2 aromatic carbocycles. The van der Waals surface area contributed by atoms with Gasteiger partial charge in [-0.1, -0.05) is 31.0 Å². The van der Waals surface area contributed by atoms with Crippen molar-refractivity contribution < 1.29 is 17.9 Å². The minimum Gasteiger partial charge on any atom is -0.497 e. The lowest BCUT2D eigenvalue weighted by atomic mass is 10.1. The van der Waals surface area contributed by atoms with Crippen molar-refractivity contribution >= 4 is 33.2 Å². The minimum absolute atomic E-state index is 0.0298. The maximum Gasteiger partial charge on any atom is 0.264 e. The number of benzene rings is 2. The third-order valence-electron chi connectivity index (χ3n) is 4.52. The number of halogens is 1. The molecule has 6 nitrogen and oxygen atoms in total. The number of carbonyl (C=O) groups is 1. The number of nitrogens with zero attached hydrogens (tertiary/aromatic N) is 1. The smallest absolute Gasteiger partial charge is 0.264 e. The van der Waals surface area contributed by atoms with Crippen molar-refractivity contribution in [2.45, 2.75) is 37.6 Å². The van der Waals surface area contributed by atoms with Gasteiger partial charge in [0.1, 0.15) is 5.75 Å². The van der Waals surface area contributed by atoms with E-state index >= 15 is 0 Å². The molecule has 8 heteroatoms. The Morgan fingerprint density at radius 1 is 1.27 bits per heavy atom. The molecule has 0 fully saturated rings. The third-order valence-corrected chi connectivity index (χ3v) is 6.64. The number of hydrogen-bond acceptors (Lipinski definition) is 4. The van der Waals surface area contributed by atoms with Crippen LogP contribution in [0.15, 0.2) is 60.0 Å². The Bertz CT molecular complexity index is 991. The predicted molar refractivity (Wildman–Crippen MR) is 121 cm³/mol. The molecular weight excluding hydrogens is 424 g/mol. The molecule has 0 bridgehead atoms. The average molecular weight is 451 g/mol. The molecule has 0 spiro atoms. The van der Waals surface area contributed by atoms with Crippen LogP contribution in [-0.2, 0) is 10.0 Å². The van der Waals surface area contributed by atoms with E-state index < -0.39 is 15.9 Å². The van der Waals surface area contributed by atoms with E-state index in [2.05, 4.69) is 11.9 Å². The second-order valence-corrected chi connectivity index (χ2v) is 9.10. The molecule has 162 valence electrons. The SMILES string of the molecule is C=CCN(c1ccc(OC)cc1)S(=O)(=O)c1ccc(Cl)c(C(=O)NC(C)CCC)c1. The molecule has 0 saturated heterocycles. The van der Waals surface area contributed by atoms with Crippen molar-refractivity contribution in [2.75, 3.05) is 18.0 Å². The van der Waals surface area contributed by atoms with Gasteiger partial charge in [0.15, 0.2) is 0 Å². The number of sulfonamides is 1. The second-order valence-electron chi connectivity index (χ2n) is 6.83. The van der Waals surface area contributed by atoms with Gasteiger partial charge in [-0.3, -0.25) is 9.10 Å². The molecule has 0 aliphatic rings. The van der Waals surface area contributed by atoms with Crippen LogP contribution in [-0.4, -0.2) is 34.0 Å². The Labute approximate surface area is 183 Å². The van der Waals surface area contributed by atoms with E-state index in [0.29, 0.717) is 11.4 Å². The molecular formula is C22H27ClN2O4S. The molecule has 0 heterocycles. The maximum atomic E-state index is 13.4. The van der Waals surface area contributed by atoms with Gasteiger partial charge < -0.3 is 10.1 Å². The molecule has 1 atom stereocenters. The summed E-state index contributed by atoms with van der Waals surface area (Å²) in [6.45, 7) is 7.64. The van der Waals surface area contributed by atoms with Crippen LogP contribution in [0, 0.1) is 0 Å². The van der Waals surface area contributed by atoms with Crippen molar-refractivity contribution in [2.24, 2.45) is 0 Å². The molecule has 1 N–H and O–H groups in total. The number of anilines is 1. The van der Waals surface area contributed by atoms with Crippen LogP contribution < -0.4 is 14.4 Å². The summed E-state index contributed by atoms with van der Waals surface area (Å²) >= 11 is 6.19. The molecule has 1 amide bonds. The molecule has 0 radical (unpaired) electrons. The van der Waals surface area contributed by atoms with Gasteiger partial charge in [0, 0.05) is 6.04 Å². The molecule has 0 aliphatic carbocycles. The average Bonchev–Trinajstić information content (AvgIpc) is 2.72. The molecule has 0 aliphatic heterocycles. The van der Waals surface area contributed by atoms with E-state index in [1.54, 1.807) is 24.3 Å². The van der Waals surface area contributed by atoms with E-state index in [1.165, 1.54) is 35.7 Å². The number of amides is 1. The zero-order valence-electron chi connectivity index (χ0n) is 17.4. The summed E-state index contributed by atoms with van der Waals surface area (Å²) in [4.78, 5) is 12.6. The molecule has 1 unspecified atom stereocenters. The zero-order valence-corrected chi connectivity index (χ0v) is 19.0. The Morgan fingerprint density at radius 3 is 2.50 bits per heavy atom. The van der Waals surface area contributed by atoms with E-state index in [0.717, 1.165) is 12.8 Å². The van der Waals surface area contributed by atoms with E-state index in [4.69, 9.17) is 16.3 Å². The highest BCUT2D eigenvalue weighted by molar-refractivity contribution is 7.92. The largest absolute Gasteiger partial charge is 0.497 e. The normalized spacial score (nSPS) is 12.1. The fourth-order valence-corrected chi connectivity index (χ4v) is 4.65. The van der Waals surface area contributed by atoms with Gasteiger partial charge in [0.2, 0.25) is 0 Å². The van der Waals surface area contributed by atoms with E-state index in [1.807, 2.05) is 13.8 Å². The van der Waals surface area contributed by atoms with Crippen LogP contribution in [0.2, 0.25) is 5.02 Å². The van der Waals surface area contributed by atoms with Crippen molar-refractivity contribution in [1.29, 1.82) is 0 Å². The number of hydrogen-bond donors (Lipinski definition) is 1. The third kappa shape index (κ3) is 5.55. The highest BCUT2D eigenvalue weighted by atomic mass is 35.5. The highest BCUT2D eigenvalue weighted by Crippen LogP contribution is 2.28. The van der Waals surface area contributed by atoms with Gasteiger partial charge in [-0.15, -0.1) is 6.58 Å². The van der Waals surface area contributed by atoms with Crippen LogP contribution in [0.3, 0.4) is 0 Å². The summed E-state index contributed by atoms with van der Waals surface area (Å²) < 4.78 is 33.1. The van der Waals surface area contributed by atoms with Gasteiger partial charge in [-0.2, -0.15) is 0 Å². The maximum absolute atomic E-state index is 13.4. The number of methoxy groups -OCH3 is 1. The summed E-state index contributed by atoms with van der Waals surface area (Å²) in [7, 11) is -2.43. The monoisotopic (exact) mass is 450 g/mol. The fraction of sp³-hybridized carbons (Fsp3) is 0.318. The van der Waals surface area contributed by atoms with Gasteiger partial charge in [0.25, 0.3) is 15.9 Å². The standard InChI is InChI=1S/C22H27ClN2O4S/c1-5-7-16(3)24-22(26)20-15-19(12-13-21(20)23)30(27,28)25(14-6-2)17-8-10-18(29-4)11-9-17/h6,8-13,15-16H,2,5,7,14H2,1,3-4H3,(H,24,26). The summed E-state index contributed by atoms with van der Waals surface area (Å²) in [6.07, 6.45) is 3.23. The first kappa shape index (κ1) is 23.8. The first-order valence-electron chi connectivity index (χ1n) is 9.62. The zero-order chi connectivity index (χ0) is 22.3. The van der Waals surface area contributed by atoms with Gasteiger partial charge in [0.05, 0.1) is 34.8 Å². The molecule has 0 aromatic heterocycles. The van der Waals surface area contributed by atoms with Crippen LogP contribution in [0.5, 0.6) is 5.75 Å². The first-order chi connectivity index (χ1) is 14.2. The van der Waals surface area contributed by atoms with Gasteiger partial charge in [-0.25, -0.2) is 8.42 Å². The van der Waals surface area contributed by atoms with Crippen molar-refractivity contribution in [1.82, 2.24) is 5.32 Å². The Balaban J connectivity index is 2.43. The Morgan fingerprint density at radius 2 is 1.93 bits per heavy atom. The lowest BCUT2D eigenvalue weighted by Gasteiger charge is -2.24. The van der Waals surface area contributed by atoms with Gasteiger partial charge in [-0.05, 0) is 55.8 Å². The quantitative estimate of drug-likeness (QED) is 0.534. The lowest BCUT2D eigenvalue weighted by molar-refractivity contribution is 0.0938. The lowest BCUT2D eigenvalue weighted by Crippen LogP contribution is -2.33. The fourth-order valence-electron chi connectivity index (χ4n) is 2.98. The molecule has 30 heavy (non-hydrogen) atoms. The second kappa shape index (κ2) is 10.5. The summed E-state index contributed by atoms with van der Waals surface area (Å²) in [6, 6.07) is 10.7. The van der Waals surface area contributed by atoms with Crippen molar-refractivity contribution in [3.8, 4) is 5.75 Å². The predicted octanol–water partition coefficient (Wildman–Crippen LogP) is 4.65. The van der Waals surface area contributed by atoms with Crippen molar-refractivity contribution in [3.05, 3.63) is 65.7 Å². The molecule has 0 saturated carbocycles. The Kier molecular flexibility index (Phi) is 8.32. The Hall–Kier alpha value is -2.51. The van der Waals surface area contributed by atoms with Crippen molar-refractivity contribution in [3.63, 3.8) is 0 Å². The highest BCUT2D eigenvalue weighted by Gasteiger charge is 2.26. The summed E-state index contributed by atoms with van der Waals surface area (Å²) in [5, 5.41) is 3.04. The number of carbonyl (C=O) groups excluding carboxylic acids is 1. The topological polar surface area (TPSA) is 75.7 Å². The number of nitrogens with one attached hydrogen (secondary N) is 1. The van der Waals surface area contributed by atoms with E-state index in [-0.39, 0.29) is 28.1 Å². The minimum atomic E-state index is -3.96. The van der Waals surface area contributed by atoms with Crippen LogP contribution in [0.4, 0.5) is 5.69 Å². The van der Waals surface area contributed by atoms with Crippen LogP contribution in [0.1, 0.15) is 37.0 Å². The van der Waals surface area contributed by atoms with Crippen LogP contribution >= 0.6 is 11.6 Å². The van der Waals surface area contributed by atoms with E-state index in [9.17, 15) is 13.2 Å². The number of ether oxygens (including phenoxy) is 1. The van der Waals surface area contributed by atoms with Crippen LogP contribution in [0.25, 0.3) is 0 Å². The summed E-state index contributed by atoms with van der Waals surface area (Å²) in [5.74, 6) is 0.207. The first-order valence-corrected chi connectivity index (χ1v) is 11.4. The molecule has 2 rings (SSSR count). The number of rotatable bonds is 10. The van der Waals surface area contributed by atoms with Gasteiger partial charge >= 0.3 is 0 Å². The molecule has 2 aromatic rings. The summed E-state index contributed by atoms with van der Waals surface area (Å²) in [5.41, 5.74) is 0.571.